The van der Waals surface area contributed by atoms with Gasteiger partial charge in [-0.2, -0.15) is 4.52 Å². The molecule has 0 bridgehead atoms. The number of benzene rings is 2. The summed E-state index contributed by atoms with van der Waals surface area (Å²) in [7, 11) is 3.88. The maximum absolute atomic E-state index is 4.52. The minimum Gasteiger partial charge on any atom is -0.230 e. The zero-order valence-corrected chi connectivity index (χ0v) is 17.8. The smallest absolute Gasteiger partial charge is 0.230 e. The molecule has 0 atom stereocenters. The van der Waals surface area contributed by atoms with Crippen molar-refractivity contribution in [2.45, 2.75) is 26.2 Å². The lowest BCUT2D eigenvalue weighted by Gasteiger charge is -2.05. The molecule has 0 unspecified atom stereocenters. The minimum absolute atomic E-state index is 0.913. The Kier molecular flexibility index (Phi) is 3.83. The fourth-order valence-electron chi connectivity index (χ4n) is 4.80. The second kappa shape index (κ2) is 6.60. The van der Waals surface area contributed by atoms with Crippen molar-refractivity contribution in [2.75, 3.05) is 0 Å². The maximum atomic E-state index is 4.52. The molecule has 0 saturated carbocycles. The minimum atomic E-state index is 0.913. The molecule has 8 nitrogen and oxygen atoms in total. The molecule has 4 aromatic heterocycles. The van der Waals surface area contributed by atoms with Crippen LogP contribution in [0.4, 0.5) is 0 Å². The molecule has 6 aromatic rings. The highest BCUT2D eigenvalue weighted by Crippen LogP contribution is 2.32. The first-order valence-electron chi connectivity index (χ1n) is 10.7. The van der Waals surface area contributed by atoms with Crippen molar-refractivity contribution in [1.82, 2.24) is 34.6 Å². The molecule has 154 valence electrons. The van der Waals surface area contributed by atoms with Crippen LogP contribution < -0.4 is 10.0 Å². The largest absolute Gasteiger partial charge is 0.295 e. The van der Waals surface area contributed by atoms with Gasteiger partial charge in [0.15, 0.2) is 16.2 Å². The normalized spacial score (nSPS) is 13.3. The second-order valence-corrected chi connectivity index (χ2v) is 8.05. The van der Waals surface area contributed by atoms with Crippen molar-refractivity contribution in [3.8, 4) is 0 Å². The molecule has 0 amide bonds. The molecule has 0 fully saturated rings. The second-order valence-electron chi connectivity index (χ2n) is 8.05. The first-order chi connectivity index (χ1) is 15.2. The lowest BCUT2D eigenvalue weighted by Crippen LogP contribution is -2.30. The van der Waals surface area contributed by atoms with Gasteiger partial charge in [-0.3, -0.25) is 0 Å². The third kappa shape index (κ3) is 2.38. The van der Waals surface area contributed by atoms with Gasteiger partial charge in [0.2, 0.25) is 0 Å². The number of tetrazole rings is 2. The molecule has 8 heteroatoms. The third-order valence-corrected chi connectivity index (χ3v) is 6.16. The van der Waals surface area contributed by atoms with Crippen molar-refractivity contribution in [2.24, 2.45) is 14.1 Å². The quantitative estimate of drug-likeness (QED) is 0.418. The molecule has 0 aliphatic heterocycles. The van der Waals surface area contributed by atoms with Crippen LogP contribution in [-0.4, -0.2) is 34.6 Å². The summed E-state index contributed by atoms with van der Waals surface area (Å²) < 4.78 is 7.66. The highest BCUT2D eigenvalue weighted by atomic mass is 15.6. The standard InChI is InChI=1S/C23H23N8/c1-4-5-10-19(20-15-11-6-8-13-17(15)22-28(2)24-26-30(20)22)21-16-12-7-9-14-18(16)23-29(3)25-27-31(21)23/h6-9,11-14H,4-5,10H2,1-3H3/q+1. The van der Waals surface area contributed by atoms with Gasteiger partial charge in [0, 0.05) is 28.8 Å². The Bertz CT molecular complexity index is 1650. The van der Waals surface area contributed by atoms with Crippen LogP contribution in [0, 0.1) is 0 Å². The van der Waals surface area contributed by atoms with Gasteiger partial charge in [-0.1, -0.05) is 55.8 Å². The molecule has 0 aliphatic carbocycles. The first kappa shape index (κ1) is 18.0. The monoisotopic (exact) mass is 411 g/mol. The van der Waals surface area contributed by atoms with E-state index >= 15 is 0 Å². The fraction of sp³-hybridized carbons (Fsp3) is 0.261. The van der Waals surface area contributed by atoms with Crippen molar-refractivity contribution in [3.05, 3.63) is 59.6 Å². The molecular formula is C23H23N8+. The highest BCUT2D eigenvalue weighted by molar-refractivity contribution is 6.04. The van der Waals surface area contributed by atoms with E-state index in [-0.39, 0.29) is 0 Å². The Labute approximate surface area is 177 Å². The lowest BCUT2D eigenvalue weighted by atomic mass is 10.0. The van der Waals surface area contributed by atoms with E-state index in [0.29, 0.717) is 0 Å². The predicted octanol–water partition coefficient (Wildman–Crippen LogP) is 2.35. The van der Waals surface area contributed by atoms with Crippen LogP contribution in [0.25, 0.3) is 38.4 Å². The Morgan fingerprint density at radius 1 is 0.871 bits per heavy atom. The van der Waals surface area contributed by atoms with E-state index in [1.165, 1.54) is 16.3 Å². The van der Waals surface area contributed by atoms with E-state index in [2.05, 4.69) is 76.3 Å². The summed E-state index contributed by atoms with van der Waals surface area (Å²) in [5.74, 6) is 0. The number of rotatable bonds is 4. The Morgan fingerprint density at radius 2 is 1.58 bits per heavy atom. The van der Waals surface area contributed by atoms with Crippen molar-refractivity contribution >= 4 is 38.4 Å². The van der Waals surface area contributed by atoms with Crippen LogP contribution >= 0.6 is 0 Å². The number of aromatic nitrogens is 8. The highest BCUT2D eigenvalue weighted by Gasteiger charge is 2.26. The number of hydrogen-bond acceptors (Lipinski definition) is 4. The zero-order valence-electron chi connectivity index (χ0n) is 17.8. The number of fused-ring (bicyclic) bond motifs is 6. The van der Waals surface area contributed by atoms with Crippen LogP contribution in [0.15, 0.2) is 48.5 Å². The van der Waals surface area contributed by atoms with Gasteiger partial charge in [0.05, 0.1) is 18.1 Å². The summed E-state index contributed by atoms with van der Waals surface area (Å²) in [6, 6.07) is 16.9. The van der Waals surface area contributed by atoms with E-state index in [0.717, 1.165) is 52.4 Å². The molecule has 6 rings (SSSR count). The van der Waals surface area contributed by atoms with E-state index in [1.54, 1.807) is 0 Å². The van der Waals surface area contributed by atoms with Gasteiger partial charge in [-0.05, 0) is 33.9 Å². The Morgan fingerprint density at radius 3 is 2.35 bits per heavy atom. The average molecular weight is 411 g/mol. The van der Waals surface area contributed by atoms with Gasteiger partial charge in [-0.15, -0.1) is 4.68 Å². The number of hydrogen-bond donors (Lipinski definition) is 0. The van der Waals surface area contributed by atoms with Crippen LogP contribution in [0.5, 0.6) is 0 Å². The SMILES string of the molecule is CCCC/C(c1c2ccccc2c2n(C)nnn12)=c1/c2ccccc2c2n1nn[n+]2C. The molecule has 4 heterocycles. The summed E-state index contributed by atoms with van der Waals surface area (Å²) in [6.45, 7) is 2.22. The summed E-state index contributed by atoms with van der Waals surface area (Å²) in [6.07, 6.45) is 3.08. The number of unbranched alkanes of at least 4 members (excludes halogenated alkanes) is 1. The maximum Gasteiger partial charge on any atom is 0.295 e. The summed E-state index contributed by atoms with van der Waals surface area (Å²) in [5, 5.41) is 23.4. The first-order valence-corrected chi connectivity index (χ1v) is 10.7. The fourth-order valence-corrected chi connectivity index (χ4v) is 4.80. The van der Waals surface area contributed by atoms with Crippen LogP contribution in [0.2, 0.25) is 0 Å². The molecule has 0 saturated heterocycles. The van der Waals surface area contributed by atoms with Crippen LogP contribution in [0.1, 0.15) is 31.9 Å². The summed E-state index contributed by atoms with van der Waals surface area (Å²) in [5.41, 5.74) is 4.30. The average Bonchev–Trinajstić information content (AvgIpc) is 3.51. The Balaban J connectivity index is 1.88. The van der Waals surface area contributed by atoms with E-state index in [4.69, 9.17) is 0 Å². The zero-order chi connectivity index (χ0) is 21.1. The van der Waals surface area contributed by atoms with Gasteiger partial charge in [-0.25, -0.2) is 4.68 Å². The van der Waals surface area contributed by atoms with Gasteiger partial charge >= 0.3 is 0 Å². The van der Waals surface area contributed by atoms with Gasteiger partial charge in [0.25, 0.3) is 5.65 Å². The summed E-state index contributed by atoms with van der Waals surface area (Å²) >= 11 is 0. The van der Waals surface area contributed by atoms with Crippen molar-refractivity contribution in [1.29, 1.82) is 0 Å². The third-order valence-electron chi connectivity index (χ3n) is 6.16. The molecule has 0 radical (unpaired) electrons. The molecular weight excluding hydrogens is 388 g/mol. The predicted molar refractivity (Wildman–Crippen MR) is 118 cm³/mol. The van der Waals surface area contributed by atoms with Gasteiger partial charge in [0.1, 0.15) is 5.21 Å². The number of nitrogens with zero attached hydrogens (tertiary/aromatic N) is 8. The van der Waals surface area contributed by atoms with Crippen LogP contribution in [0.3, 0.4) is 0 Å². The molecule has 0 spiro atoms. The molecule has 0 aliphatic rings. The van der Waals surface area contributed by atoms with Crippen molar-refractivity contribution in [3.63, 3.8) is 0 Å². The van der Waals surface area contributed by atoms with E-state index < -0.39 is 0 Å². The van der Waals surface area contributed by atoms with Gasteiger partial charge < -0.3 is 0 Å². The number of aryl methyl sites for hydroxylation is 2. The lowest BCUT2D eigenvalue weighted by molar-refractivity contribution is -0.706. The molecule has 0 N–H and O–H groups in total. The Hall–Kier alpha value is -3.81. The van der Waals surface area contributed by atoms with E-state index in [9.17, 15) is 0 Å². The molecule has 31 heavy (non-hydrogen) atoms. The molecule has 2 aromatic carbocycles. The van der Waals surface area contributed by atoms with Crippen LogP contribution in [-0.2, 0) is 14.1 Å². The van der Waals surface area contributed by atoms with Crippen molar-refractivity contribution < 1.29 is 4.68 Å². The summed E-state index contributed by atoms with van der Waals surface area (Å²) in [4.78, 5) is 0. The topological polar surface area (TPSA) is 69.2 Å². The van der Waals surface area contributed by atoms with E-state index in [1.807, 2.05) is 32.5 Å².